The molecular weight excluding hydrogens is 335 g/mol. The third-order valence-electron chi connectivity index (χ3n) is 2.85. The minimum atomic E-state index is -0.612. The second-order valence-electron chi connectivity index (χ2n) is 4.65. The van der Waals surface area contributed by atoms with Gasteiger partial charge in [-0.15, -0.1) is 0 Å². The predicted molar refractivity (Wildman–Crippen MR) is 93.4 cm³/mol. The first-order valence-corrected chi connectivity index (χ1v) is 7.50. The van der Waals surface area contributed by atoms with Gasteiger partial charge in [-0.05, 0) is 29.3 Å². The van der Waals surface area contributed by atoms with Crippen molar-refractivity contribution in [3.63, 3.8) is 0 Å². The Morgan fingerprint density at radius 2 is 1.91 bits per heavy atom. The van der Waals surface area contributed by atoms with Gasteiger partial charge >= 0.3 is 5.97 Å². The Labute approximate surface area is 144 Å². The number of benzene rings is 2. The van der Waals surface area contributed by atoms with E-state index in [0.717, 1.165) is 11.1 Å². The molecule has 2 aromatic rings. The summed E-state index contributed by atoms with van der Waals surface area (Å²) in [6, 6.07) is 14.4. The summed E-state index contributed by atoms with van der Waals surface area (Å²) >= 11 is 11.9. The molecular formula is C17H14Cl2N2O2. The van der Waals surface area contributed by atoms with Gasteiger partial charge in [-0.2, -0.15) is 0 Å². The molecule has 0 radical (unpaired) electrons. The zero-order chi connectivity index (χ0) is 16.7. The molecule has 0 aliphatic heterocycles. The minimum absolute atomic E-state index is 0.135. The number of hydrogen-bond donors (Lipinski definition) is 1. The molecule has 0 amide bonds. The highest BCUT2D eigenvalue weighted by molar-refractivity contribution is 6.35. The molecule has 118 valence electrons. The molecule has 0 aromatic heterocycles. The van der Waals surface area contributed by atoms with Crippen LogP contribution in [0.25, 0.3) is 6.08 Å². The van der Waals surface area contributed by atoms with Gasteiger partial charge in [0, 0.05) is 22.5 Å². The van der Waals surface area contributed by atoms with Crippen molar-refractivity contribution in [2.24, 2.45) is 10.9 Å². The van der Waals surface area contributed by atoms with Crippen LogP contribution in [-0.4, -0.2) is 11.8 Å². The fourth-order valence-corrected chi connectivity index (χ4v) is 2.23. The molecule has 2 N–H and O–H groups in total. The van der Waals surface area contributed by atoms with Crippen LogP contribution in [0.4, 0.5) is 0 Å². The van der Waals surface area contributed by atoms with Crippen molar-refractivity contribution in [2.45, 2.75) is 6.42 Å². The normalized spacial score (nSPS) is 11.7. The molecule has 2 aromatic carbocycles. The average molecular weight is 349 g/mol. The molecule has 0 bridgehead atoms. The highest BCUT2D eigenvalue weighted by Gasteiger charge is 2.05. The van der Waals surface area contributed by atoms with Crippen molar-refractivity contribution in [3.05, 3.63) is 75.8 Å². The number of halogens is 2. The summed E-state index contributed by atoms with van der Waals surface area (Å²) in [6.07, 6.45) is 3.16. The van der Waals surface area contributed by atoms with Gasteiger partial charge in [-0.3, -0.25) is 0 Å². The monoisotopic (exact) mass is 348 g/mol. The molecule has 2 rings (SSSR count). The second kappa shape index (κ2) is 8.36. The van der Waals surface area contributed by atoms with Gasteiger partial charge in [0.05, 0.1) is 0 Å². The summed E-state index contributed by atoms with van der Waals surface area (Å²) in [5, 5.41) is 4.61. The Bertz CT molecular complexity index is 744. The number of carbonyl (C=O) groups is 1. The van der Waals surface area contributed by atoms with Crippen LogP contribution in [-0.2, 0) is 16.1 Å². The van der Waals surface area contributed by atoms with E-state index in [1.807, 2.05) is 30.3 Å². The van der Waals surface area contributed by atoms with E-state index in [1.165, 1.54) is 6.08 Å². The Kier molecular flexibility index (Phi) is 6.20. The third-order valence-corrected chi connectivity index (χ3v) is 3.44. The van der Waals surface area contributed by atoms with Gasteiger partial charge < -0.3 is 10.6 Å². The van der Waals surface area contributed by atoms with Crippen molar-refractivity contribution >= 4 is 41.1 Å². The number of rotatable bonds is 5. The lowest BCUT2D eigenvalue weighted by Crippen LogP contribution is -2.16. The average Bonchev–Trinajstić information content (AvgIpc) is 2.54. The molecule has 0 heterocycles. The van der Waals surface area contributed by atoms with Gasteiger partial charge in [-0.1, -0.05) is 64.8 Å². The number of amidine groups is 1. The van der Waals surface area contributed by atoms with Gasteiger partial charge in [0.25, 0.3) is 0 Å². The number of carbonyl (C=O) groups excluding carboxylic acids is 1. The quantitative estimate of drug-likeness (QED) is 0.291. The van der Waals surface area contributed by atoms with E-state index in [1.54, 1.807) is 24.3 Å². The summed E-state index contributed by atoms with van der Waals surface area (Å²) in [4.78, 5) is 16.3. The van der Waals surface area contributed by atoms with E-state index < -0.39 is 5.97 Å². The largest absolute Gasteiger partial charge is 0.384 e. The summed E-state index contributed by atoms with van der Waals surface area (Å²) < 4.78 is 0. The summed E-state index contributed by atoms with van der Waals surface area (Å²) in [7, 11) is 0. The lowest BCUT2D eigenvalue weighted by molar-refractivity contribution is -0.137. The highest BCUT2D eigenvalue weighted by Crippen LogP contribution is 2.21. The zero-order valence-corrected chi connectivity index (χ0v) is 13.6. The minimum Gasteiger partial charge on any atom is -0.384 e. The van der Waals surface area contributed by atoms with E-state index in [4.69, 9.17) is 33.8 Å². The fourth-order valence-electron chi connectivity index (χ4n) is 1.75. The molecule has 4 nitrogen and oxygen atoms in total. The molecule has 23 heavy (non-hydrogen) atoms. The third kappa shape index (κ3) is 5.77. The van der Waals surface area contributed by atoms with Crippen LogP contribution < -0.4 is 5.73 Å². The van der Waals surface area contributed by atoms with Crippen molar-refractivity contribution in [1.29, 1.82) is 0 Å². The molecule has 0 saturated carbocycles. The molecule has 6 heteroatoms. The maximum atomic E-state index is 11.6. The molecule has 0 aliphatic carbocycles. The number of nitrogens with two attached hydrogens (primary N) is 1. The van der Waals surface area contributed by atoms with E-state index in [9.17, 15) is 4.79 Å². The maximum Gasteiger partial charge on any atom is 0.358 e. The van der Waals surface area contributed by atoms with E-state index in [2.05, 4.69) is 5.16 Å². The SMILES string of the molecule is NC(Cc1ccc(Cl)cc1Cl)=NOC(=O)C=Cc1ccccc1. The van der Waals surface area contributed by atoms with E-state index >= 15 is 0 Å². The van der Waals surface area contributed by atoms with E-state index in [-0.39, 0.29) is 12.3 Å². The van der Waals surface area contributed by atoms with Crippen LogP contribution in [0.5, 0.6) is 0 Å². The van der Waals surface area contributed by atoms with Gasteiger partial charge in [0.2, 0.25) is 0 Å². The van der Waals surface area contributed by atoms with Crippen molar-refractivity contribution in [1.82, 2.24) is 0 Å². The Balaban J connectivity index is 1.91. The second-order valence-corrected chi connectivity index (χ2v) is 5.49. The lowest BCUT2D eigenvalue weighted by atomic mass is 10.1. The molecule has 0 unspecified atom stereocenters. The Morgan fingerprint density at radius 1 is 1.17 bits per heavy atom. The summed E-state index contributed by atoms with van der Waals surface area (Å²) in [5.74, 6) is -0.477. The smallest absolute Gasteiger partial charge is 0.358 e. The Morgan fingerprint density at radius 3 is 2.61 bits per heavy atom. The van der Waals surface area contributed by atoms with Crippen molar-refractivity contribution < 1.29 is 9.63 Å². The summed E-state index contributed by atoms with van der Waals surface area (Å²) in [5.41, 5.74) is 7.35. The molecule has 0 spiro atoms. The number of nitrogens with zero attached hydrogens (tertiary/aromatic N) is 1. The lowest BCUT2D eigenvalue weighted by Gasteiger charge is -2.03. The van der Waals surface area contributed by atoms with Crippen LogP contribution in [0.15, 0.2) is 59.8 Å². The van der Waals surface area contributed by atoms with Crippen molar-refractivity contribution in [2.75, 3.05) is 0 Å². The first kappa shape index (κ1) is 17.1. The van der Waals surface area contributed by atoms with Gasteiger partial charge in [-0.25, -0.2) is 4.79 Å². The Hall–Kier alpha value is -2.30. The first-order valence-electron chi connectivity index (χ1n) is 6.75. The standard InChI is InChI=1S/C17H14Cl2N2O2/c18-14-8-7-13(15(19)11-14)10-16(20)21-23-17(22)9-6-12-4-2-1-3-5-12/h1-9,11H,10H2,(H2,20,21). The summed E-state index contributed by atoms with van der Waals surface area (Å²) in [6.45, 7) is 0. The van der Waals surface area contributed by atoms with Gasteiger partial charge in [0.15, 0.2) is 0 Å². The first-order chi connectivity index (χ1) is 11.0. The highest BCUT2D eigenvalue weighted by atomic mass is 35.5. The van der Waals surface area contributed by atoms with Crippen LogP contribution in [0, 0.1) is 0 Å². The molecule has 0 atom stereocenters. The fraction of sp³-hybridized carbons (Fsp3) is 0.0588. The van der Waals surface area contributed by atoms with Crippen LogP contribution in [0.3, 0.4) is 0 Å². The topological polar surface area (TPSA) is 64.7 Å². The van der Waals surface area contributed by atoms with Crippen LogP contribution >= 0.6 is 23.2 Å². The van der Waals surface area contributed by atoms with Crippen LogP contribution in [0.2, 0.25) is 10.0 Å². The number of oxime groups is 1. The van der Waals surface area contributed by atoms with Gasteiger partial charge in [0.1, 0.15) is 5.84 Å². The van der Waals surface area contributed by atoms with Crippen molar-refractivity contribution in [3.8, 4) is 0 Å². The number of hydrogen-bond acceptors (Lipinski definition) is 3. The molecule has 0 fully saturated rings. The predicted octanol–water partition coefficient (Wildman–Crippen LogP) is 4.06. The van der Waals surface area contributed by atoms with E-state index in [0.29, 0.717) is 10.0 Å². The van der Waals surface area contributed by atoms with Crippen LogP contribution in [0.1, 0.15) is 11.1 Å². The zero-order valence-electron chi connectivity index (χ0n) is 12.1. The molecule has 0 aliphatic rings. The maximum absolute atomic E-state index is 11.6. The molecule has 0 saturated heterocycles.